The van der Waals surface area contributed by atoms with Crippen LogP contribution in [0.25, 0.3) is 0 Å². The number of carbonyl (C=O) groups is 2. The second kappa shape index (κ2) is 6.59. The minimum atomic E-state index is -0.149. The van der Waals surface area contributed by atoms with E-state index in [1.807, 2.05) is 24.3 Å². The van der Waals surface area contributed by atoms with Gasteiger partial charge in [0.1, 0.15) is 5.75 Å². The molecule has 2 aliphatic rings. The number of hydrogen-bond donors (Lipinski definition) is 2. The number of ether oxygens (including phenoxy) is 1. The van der Waals surface area contributed by atoms with E-state index in [0.29, 0.717) is 17.9 Å². The molecular weight excluding hydrogens is 316 g/mol. The first kappa shape index (κ1) is 15.7. The van der Waals surface area contributed by atoms with E-state index >= 15 is 0 Å². The Bertz CT molecular complexity index is 814. The summed E-state index contributed by atoms with van der Waals surface area (Å²) >= 11 is 0. The van der Waals surface area contributed by atoms with Crippen LogP contribution in [0.5, 0.6) is 5.75 Å². The van der Waals surface area contributed by atoms with E-state index in [2.05, 4.69) is 10.6 Å². The van der Waals surface area contributed by atoms with Crippen LogP contribution in [-0.4, -0.2) is 18.4 Å². The molecular formula is C20H20N2O3. The molecule has 0 saturated heterocycles. The molecule has 1 fully saturated rings. The summed E-state index contributed by atoms with van der Waals surface area (Å²) in [5.41, 5.74) is 2.20. The minimum Gasteiger partial charge on any atom is -0.493 e. The zero-order chi connectivity index (χ0) is 17.2. The van der Waals surface area contributed by atoms with Crippen molar-refractivity contribution in [3.05, 3.63) is 59.7 Å². The molecule has 2 N–H and O–H groups in total. The van der Waals surface area contributed by atoms with Gasteiger partial charge in [-0.2, -0.15) is 0 Å². The smallest absolute Gasteiger partial charge is 0.251 e. The predicted molar refractivity (Wildman–Crippen MR) is 94.6 cm³/mol. The first-order chi connectivity index (χ1) is 12.2. The van der Waals surface area contributed by atoms with Crippen molar-refractivity contribution in [2.24, 2.45) is 5.92 Å². The molecule has 0 spiro atoms. The van der Waals surface area contributed by atoms with Crippen LogP contribution in [0.4, 0.5) is 5.69 Å². The third-order valence-electron chi connectivity index (χ3n) is 4.60. The molecule has 1 aliphatic heterocycles. The fourth-order valence-electron chi connectivity index (χ4n) is 3.06. The van der Waals surface area contributed by atoms with Crippen LogP contribution in [0.3, 0.4) is 0 Å². The molecule has 128 valence electrons. The first-order valence-electron chi connectivity index (χ1n) is 8.64. The normalized spacial score (nSPS) is 18.6. The number of nitrogens with one attached hydrogen (secondary N) is 2. The number of para-hydroxylation sites is 1. The predicted octanol–water partition coefficient (Wildman–Crippen LogP) is 3.29. The van der Waals surface area contributed by atoms with Gasteiger partial charge in [-0.05, 0) is 37.1 Å². The molecule has 25 heavy (non-hydrogen) atoms. The van der Waals surface area contributed by atoms with Crippen molar-refractivity contribution in [2.45, 2.75) is 25.3 Å². The third kappa shape index (κ3) is 3.50. The van der Waals surface area contributed by atoms with Gasteiger partial charge in [0.15, 0.2) is 0 Å². The fourth-order valence-corrected chi connectivity index (χ4v) is 3.06. The molecule has 0 bridgehead atoms. The highest BCUT2D eigenvalue weighted by molar-refractivity contribution is 5.98. The molecule has 0 aromatic heterocycles. The number of hydrogen-bond acceptors (Lipinski definition) is 3. The van der Waals surface area contributed by atoms with Gasteiger partial charge in [0.25, 0.3) is 5.91 Å². The van der Waals surface area contributed by atoms with Gasteiger partial charge in [0.2, 0.25) is 5.91 Å². The van der Waals surface area contributed by atoms with E-state index in [4.69, 9.17) is 4.74 Å². The van der Waals surface area contributed by atoms with Crippen molar-refractivity contribution in [2.75, 3.05) is 11.9 Å². The zero-order valence-electron chi connectivity index (χ0n) is 13.8. The summed E-state index contributed by atoms with van der Waals surface area (Å²) in [6, 6.07) is 14.8. The topological polar surface area (TPSA) is 67.4 Å². The lowest BCUT2D eigenvalue weighted by Gasteiger charge is -2.26. The van der Waals surface area contributed by atoms with Gasteiger partial charge < -0.3 is 15.4 Å². The summed E-state index contributed by atoms with van der Waals surface area (Å²) < 4.78 is 5.63. The van der Waals surface area contributed by atoms with E-state index < -0.39 is 0 Å². The van der Waals surface area contributed by atoms with Crippen LogP contribution in [0, 0.1) is 5.92 Å². The lowest BCUT2D eigenvalue weighted by atomic mass is 10.00. The van der Waals surface area contributed by atoms with Gasteiger partial charge in [-0.3, -0.25) is 9.59 Å². The maximum atomic E-state index is 12.6. The van der Waals surface area contributed by atoms with Crippen molar-refractivity contribution in [3.63, 3.8) is 0 Å². The molecule has 1 unspecified atom stereocenters. The summed E-state index contributed by atoms with van der Waals surface area (Å²) in [4.78, 5) is 24.5. The molecule has 1 atom stereocenters. The number of amides is 2. The van der Waals surface area contributed by atoms with Crippen LogP contribution < -0.4 is 15.4 Å². The summed E-state index contributed by atoms with van der Waals surface area (Å²) in [5.74, 6) is 0.848. The Morgan fingerprint density at radius 3 is 2.68 bits per heavy atom. The summed E-state index contributed by atoms with van der Waals surface area (Å²) in [7, 11) is 0. The van der Waals surface area contributed by atoms with Gasteiger partial charge in [-0.25, -0.2) is 0 Å². The summed E-state index contributed by atoms with van der Waals surface area (Å²) in [6.07, 6.45) is 2.64. The van der Waals surface area contributed by atoms with Gasteiger partial charge in [-0.15, -0.1) is 0 Å². The number of benzene rings is 2. The second-order valence-corrected chi connectivity index (χ2v) is 6.55. The van der Waals surface area contributed by atoms with Crippen LogP contribution in [-0.2, 0) is 4.79 Å². The molecule has 4 rings (SSSR count). The van der Waals surface area contributed by atoms with E-state index in [9.17, 15) is 9.59 Å². The quantitative estimate of drug-likeness (QED) is 0.900. The largest absolute Gasteiger partial charge is 0.493 e. The van der Waals surface area contributed by atoms with Gasteiger partial charge >= 0.3 is 0 Å². The Morgan fingerprint density at radius 2 is 1.84 bits per heavy atom. The lowest BCUT2D eigenvalue weighted by molar-refractivity contribution is -0.117. The molecule has 2 aromatic carbocycles. The average molecular weight is 336 g/mol. The van der Waals surface area contributed by atoms with Crippen molar-refractivity contribution in [3.8, 4) is 5.75 Å². The molecule has 1 saturated carbocycles. The monoisotopic (exact) mass is 336 g/mol. The molecule has 5 nitrogen and oxygen atoms in total. The fraction of sp³-hybridized carbons (Fsp3) is 0.300. The highest BCUT2D eigenvalue weighted by Gasteiger charge is 2.29. The van der Waals surface area contributed by atoms with Crippen molar-refractivity contribution < 1.29 is 14.3 Å². The SMILES string of the molecule is O=C(NC1CCOc2ccccc21)c1cccc(NC(=O)C2CC2)c1. The van der Waals surface area contributed by atoms with Gasteiger partial charge in [-0.1, -0.05) is 24.3 Å². The van der Waals surface area contributed by atoms with E-state index in [0.717, 1.165) is 30.6 Å². The van der Waals surface area contributed by atoms with E-state index in [-0.39, 0.29) is 23.8 Å². The van der Waals surface area contributed by atoms with Crippen molar-refractivity contribution >= 4 is 17.5 Å². The third-order valence-corrected chi connectivity index (χ3v) is 4.60. The first-order valence-corrected chi connectivity index (χ1v) is 8.64. The lowest BCUT2D eigenvalue weighted by Crippen LogP contribution is -2.32. The van der Waals surface area contributed by atoms with Crippen molar-refractivity contribution in [1.29, 1.82) is 0 Å². The maximum absolute atomic E-state index is 12.6. The van der Waals surface area contributed by atoms with Crippen LogP contribution in [0.2, 0.25) is 0 Å². The Morgan fingerprint density at radius 1 is 1.00 bits per heavy atom. The molecule has 1 heterocycles. The van der Waals surface area contributed by atoms with Crippen LogP contribution in [0.1, 0.15) is 41.2 Å². The van der Waals surface area contributed by atoms with E-state index in [1.54, 1.807) is 24.3 Å². The van der Waals surface area contributed by atoms with E-state index in [1.165, 1.54) is 0 Å². The molecule has 1 aliphatic carbocycles. The number of fused-ring (bicyclic) bond motifs is 1. The Balaban J connectivity index is 1.47. The van der Waals surface area contributed by atoms with Crippen LogP contribution >= 0.6 is 0 Å². The number of anilines is 1. The number of carbonyl (C=O) groups excluding carboxylic acids is 2. The second-order valence-electron chi connectivity index (χ2n) is 6.55. The molecule has 2 aromatic rings. The standard InChI is InChI=1S/C20H20N2O3/c23-19(13-8-9-13)21-15-5-3-4-14(12-15)20(24)22-17-10-11-25-18-7-2-1-6-16(17)18/h1-7,12-13,17H,8-11H2,(H,21,23)(H,22,24). The van der Waals surface area contributed by atoms with Crippen molar-refractivity contribution in [1.82, 2.24) is 5.32 Å². The van der Waals surface area contributed by atoms with Crippen LogP contribution in [0.15, 0.2) is 48.5 Å². The summed E-state index contributed by atoms with van der Waals surface area (Å²) in [5, 5.41) is 5.95. The Labute approximate surface area is 146 Å². The highest BCUT2D eigenvalue weighted by Crippen LogP contribution is 2.32. The van der Waals surface area contributed by atoms with Gasteiger partial charge in [0, 0.05) is 29.2 Å². The zero-order valence-corrected chi connectivity index (χ0v) is 13.8. The average Bonchev–Trinajstić information content (AvgIpc) is 3.47. The Hall–Kier alpha value is -2.82. The minimum absolute atomic E-state index is 0.0379. The maximum Gasteiger partial charge on any atom is 0.251 e. The van der Waals surface area contributed by atoms with Gasteiger partial charge in [0.05, 0.1) is 12.6 Å². The molecule has 2 amide bonds. The highest BCUT2D eigenvalue weighted by atomic mass is 16.5. The molecule has 5 heteroatoms. The Kier molecular flexibility index (Phi) is 4.14. The number of rotatable bonds is 4. The summed E-state index contributed by atoms with van der Waals surface area (Å²) in [6.45, 7) is 0.583. The molecule has 0 radical (unpaired) electrons.